The summed E-state index contributed by atoms with van der Waals surface area (Å²) in [5.74, 6) is 0.559. The molecule has 0 amide bonds. The van der Waals surface area contributed by atoms with E-state index < -0.39 is 5.97 Å². The Morgan fingerprint density at radius 3 is 2.27 bits per heavy atom. The van der Waals surface area contributed by atoms with Crippen molar-refractivity contribution >= 4 is 45.5 Å². The number of hydrogen-bond acceptors (Lipinski definition) is 5. The number of rotatable bonds is 3. The molecule has 0 radical (unpaired) electrons. The fraction of sp³-hybridized carbons (Fsp3) is 0.0556. The Hall–Kier alpha value is -2.41. The standard InChI is InChI=1S/C18H11Cl2N3O2S/c1-10-15(17(24)25-14-8-6-13(20)7-9-14)26-18-21-16(22-23(10)18)11-2-4-12(19)5-3-11/h2-9H,1H3. The van der Waals surface area contributed by atoms with Gasteiger partial charge in [-0.3, -0.25) is 0 Å². The van der Waals surface area contributed by atoms with E-state index in [9.17, 15) is 4.79 Å². The number of nitrogens with zero attached hydrogens (tertiary/aromatic N) is 3. The zero-order valence-electron chi connectivity index (χ0n) is 13.4. The number of halogens is 2. The normalized spacial score (nSPS) is 11.0. The van der Waals surface area contributed by atoms with Gasteiger partial charge in [0.15, 0.2) is 5.82 Å². The minimum Gasteiger partial charge on any atom is -0.422 e. The van der Waals surface area contributed by atoms with Gasteiger partial charge in [0.05, 0.1) is 5.69 Å². The smallest absolute Gasteiger partial charge is 0.355 e. The molecule has 2 aromatic heterocycles. The van der Waals surface area contributed by atoms with E-state index >= 15 is 0 Å². The first-order chi connectivity index (χ1) is 12.5. The monoisotopic (exact) mass is 403 g/mol. The number of carbonyl (C=O) groups excluding carboxylic acids is 1. The van der Waals surface area contributed by atoms with Crippen molar-refractivity contribution in [2.24, 2.45) is 0 Å². The summed E-state index contributed by atoms with van der Waals surface area (Å²) in [5, 5.41) is 5.71. The van der Waals surface area contributed by atoms with Gasteiger partial charge in [0.25, 0.3) is 0 Å². The van der Waals surface area contributed by atoms with Crippen molar-refractivity contribution in [1.82, 2.24) is 14.6 Å². The predicted molar refractivity (Wildman–Crippen MR) is 102 cm³/mol. The van der Waals surface area contributed by atoms with Gasteiger partial charge in [0.2, 0.25) is 4.96 Å². The summed E-state index contributed by atoms with van der Waals surface area (Å²) < 4.78 is 7.04. The van der Waals surface area contributed by atoms with Crippen LogP contribution in [0.15, 0.2) is 48.5 Å². The first kappa shape index (κ1) is 17.0. The molecular formula is C18H11Cl2N3O2S. The van der Waals surface area contributed by atoms with Gasteiger partial charge in [-0.2, -0.15) is 4.98 Å². The Bertz CT molecular complexity index is 1100. The first-order valence-corrected chi connectivity index (χ1v) is 9.18. The minimum atomic E-state index is -0.449. The molecule has 4 aromatic rings. The summed E-state index contributed by atoms with van der Waals surface area (Å²) in [7, 11) is 0. The summed E-state index contributed by atoms with van der Waals surface area (Å²) in [6.45, 7) is 1.81. The highest BCUT2D eigenvalue weighted by atomic mass is 35.5. The number of esters is 1. The third kappa shape index (κ3) is 3.19. The molecule has 2 aromatic carbocycles. The summed E-state index contributed by atoms with van der Waals surface area (Å²) in [6.07, 6.45) is 0. The lowest BCUT2D eigenvalue weighted by Gasteiger charge is -2.03. The van der Waals surface area contributed by atoms with E-state index in [-0.39, 0.29) is 0 Å². The van der Waals surface area contributed by atoms with Crippen LogP contribution in [0.4, 0.5) is 0 Å². The van der Waals surface area contributed by atoms with Crippen molar-refractivity contribution < 1.29 is 9.53 Å². The lowest BCUT2D eigenvalue weighted by Crippen LogP contribution is -2.08. The van der Waals surface area contributed by atoms with Crippen molar-refractivity contribution in [2.75, 3.05) is 0 Å². The van der Waals surface area contributed by atoms with Crippen molar-refractivity contribution in [1.29, 1.82) is 0 Å². The Balaban J connectivity index is 1.63. The van der Waals surface area contributed by atoms with E-state index in [1.807, 2.05) is 19.1 Å². The summed E-state index contributed by atoms with van der Waals surface area (Å²) in [5.41, 5.74) is 1.53. The SMILES string of the molecule is Cc1c(C(=O)Oc2ccc(Cl)cc2)sc2nc(-c3ccc(Cl)cc3)nn12. The second kappa shape index (κ2) is 6.72. The summed E-state index contributed by atoms with van der Waals surface area (Å²) in [6, 6.07) is 13.9. The molecule has 0 aliphatic heterocycles. The molecule has 0 unspecified atom stereocenters. The van der Waals surface area contributed by atoms with Crippen LogP contribution in [0.5, 0.6) is 5.75 Å². The predicted octanol–water partition coefficient (Wildman–Crippen LogP) is 5.29. The Kier molecular flexibility index (Phi) is 4.40. The maximum Gasteiger partial charge on any atom is 0.355 e. The van der Waals surface area contributed by atoms with Crippen LogP contribution in [0.25, 0.3) is 16.3 Å². The highest BCUT2D eigenvalue weighted by molar-refractivity contribution is 7.19. The van der Waals surface area contributed by atoms with Gasteiger partial charge >= 0.3 is 5.97 Å². The maximum absolute atomic E-state index is 12.5. The van der Waals surface area contributed by atoms with Crippen LogP contribution in [0.2, 0.25) is 10.0 Å². The third-order valence-corrected chi connectivity index (χ3v) is 5.35. The molecule has 5 nitrogen and oxygen atoms in total. The molecule has 0 saturated carbocycles. The average molecular weight is 404 g/mol. The zero-order chi connectivity index (χ0) is 18.3. The van der Waals surface area contributed by atoms with Crippen molar-refractivity contribution in [3.05, 3.63) is 69.1 Å². The summed E-state index contributed by atoms with van der Waals surface area (Å²) >= 11 is 13.0. The van der Waals surface area contributed by atoms with Gasteiger partial charge < -0.3 is 4.74 Å². The Labute approximate surface area is 162 Å². The highest BCUT2D eigenvalue weighted by Gasteiger charge is 2.21. The van der Waals surface area contributed by atoms with Crippen LogP contribution in [0, 0.1) is 6.92 Å². The number of carbonyl (C=O) groups is 1. The number of thiazole rings is 1. The lowest BCUT2D eigenvalue weighted by atomic mass is 10.2. The number of aryl methyl sites for hydroxylation is 1. The van der Waals surface area contributed by atoms with Crippen molar-refractivity contribution in [3.8, 4) is 17.1 Å². The Morgan fingerprint density at radius 2 is 1.65 bits per heavy atom. The van der Waals surface area contributed by atoms with Gasteiger partial charge in [-0.25, -0.2) is 9.31 Å². The number of benzene rings is 2. The van der Waals surface area contributed by atoms with Crippen LogP contribution in [-0.4, -0.2) is 20.6 Å². The van der Waals surface area contributed by atoms with Gasteiger partial charge in [-0.1, -0.05) is 34.5 Å². The lowest BCUT2D eigenvalue weighted by molar-refractivity contribution is 0.0738. The second-order valence-corrected chi connectivity index (χ2v) is 7.35. The molecule has 0 spiro atoms. The van der Waals surface area contributed by atoms with E-state index in [0.29, 0.717) is 37.2 Å². The molecule has 8 heteroatoms. The van der Waals surface area contributed by atoms with Crippen LogP contribution < -0.4 is 4.74 Å². The van der Waals surface area contributed by atoms with E-state index in [4.69, 9.17) is 27.9 Å². The summed E-state index contributed by atoms with van der Waals surface area (Å²) in [4.78, 5) is 18.0. The molecular weight excluding hydrogens is 393 g/mol. The molecule has 130 valence electrons. The average Bonchev–Trinajstić information content (AvgIpc) is 3.17. The van der Waals surface area contributed by atoms with Crippen molar-refractivity contribution in [2.45, 2.75) is 6.92 Å². The zero-order valence-corrected chi connectivity index (χ0v) is 15.8. The highest BCUT2D eigenvalue weighted by Crippen LogP contribution is 2.27. The van der Waals surface area contributed by atoms with Crippen LogP contribution >= 0.6 is 34.5 Å². The second-order valence-electron chi connectivity index (χ2n) is 5.50. The molecule has 0 fully saturated rings. The largest absolute Gasteiger partial charge is 0.422 e. The Morgan fingerprint density at radius 1 is 1.04 bits per heavy atom. The molecule has 0 N–H and O–H groups in total. The number of hydrogen-bond donors (Lipinski definition) is 0. The number of fused-ring (bicyclic) bond motifs is 1. The first-order valence-electron chi connectivity index (χ1n) is 7.61. The molecule has 0 bridgehead atoms. The molecule has 4 rings (SSSR count). The van der Waals surface area contributed by atoms with Gasteiger partial charge in [0.1, 0.15) is 10.6 Å². The minimum absolute atomic E-state index is 0.430. The van der Waals surface area contributed by atoms with Crippen LogP contribution in [0.3, 0.4) is 0 Å². The number of ether oxygens (including phenoxy) is 1. The van der Waals surface area contributed by atoms with Gasteiger partial charge in [0, 0.05) is 15.6 Å². The quantitative estimate of drug-likeness (QED) is 0.344. The van der Waals surface area contributed by atoms with Crippen LogP contribution in [0.1, 0.15) is 15.4 Å². The molecule has 26 heavy (non-hydrogen) atoms. The number of aromatic nitrogens is 3. The fourth-order valence-electron chi connectivity index (χ4n) is 2.41. The topological polar surface area (TPSA) is 56.5 Å². The van der Waals surface area contributed by atoms with E-state index in [0.717, 1.165) is 5.56 Å². The van der Waals surface area contributed by atoms with Crippen molar-refractivity contribution in [3.63, 3.8) is 0 Å². The van der Waals surface area contributed by atoms with Gasteiger partial charge in [-0.05, 0) is 55.5 Å². The van der Waals surface area contributed by atoms with Crippen LogP contribution in [-0.2, 0) is 0 Å². The maximum atomic E-state index is 12.5. The van der Waals surface area contributed by atoms with E-state index in [1.165, 1.54) is 11.3 Å². The molecule has 0 saturated heterocycles. The molecule has 2 heterocycles. The molecule has 0 atom stereocenters. The third-order valence-electron chi connectivity index (χ3n) is 3.73. The molecule has 0 aliphatic carbocycles. The fourth-order valence-corrected chi connectivity index (χ4v) is 3.60. The van der Waals surface area contributed by atoms with Gasteiger partial charge in [-0.15, -0.1) is 5.10 Å². The van der Waals surface area contributed by atoms with E-state index in [1.54, 1.807) is 40.9 Å². The van der Waals surface area contributed by atoms with E-state index in [2.05, 4.69) is 10.1 Å². The molecule has 0 aliphatic rings.